The second-order valence-electron chi connectivity index (χ2n) is 5.39. The van der Waals surface area contributed by atoms with Gasteiger partial charge >= 0.3 is 0 Å². The Balaban J connectivity index is 1.87. The number of nitrogens with one attached hydrogen (secondary N) is 2. The molecule has 1 fully saturated rings. The average Bonchev–Trinajstić information content (AvgIpc) is 3.02. The second-order valence-corrected chi connectivity index (χ2v) is 7.08. The van der Waals surface area contributed by atoms with Gasteiger partial charge in [0.25, 0.3) is 10.0 Å². The molecule has 0 saturated heterocycles. The van der Waals surface area contributed by atoms with Gasteiger partial charge in [0.05, 0.1) is 6.54 Å². The third kappa shape index (κ3) is 4.63. The lowest BCUT2D eigenvalue weighted by molar-refractivity contribution is 0.393. The van der Waals surface area contributed by atoms with Crippen molar-refractivity contribution >= 4 is 10.0 Å². The maximum Gasteiger partial charge on any atom is 0.273 e. The minimum absolute atomic E-state index is 0.00357. The first-order valence-electron chi connectivity index (χ1n) is 6.79. The minimum atomic E-state index is -3.49. The van der Waals surface area contributed by atoms with Crippen LogP contribution in [-0.2, 0) is 16.6 Å². The van der Waals surface area contributed by atoms with E-state index in [0.717, 1.165) is 6.42 Å². The van der Waals surface area contributed by atoms with Gasteiger partial charge in [-0.1, -0.05) is 26.7 Å². The molecule has 1 saturated carbocycles. The van der Waals surface area contributed by atoms with Crippen LogP contribution in [0.15, 0.2) is 21.6 Å². The van der Waals surface area contributed by atoms with Gasteiger partial charge < -0.3 is 9.73 Å². The molecule has 1 aliphatic carbocycles. The molecule has 1 aromatic heterocycles. The van der Waals surface area contributed by atoms with Gasteiger partial charge in [-0.3, -0.25) is 0 Å². The largest absolute Gasteiger partial charge is 0.447 e. The molecule has 2 N–H and O–H groups in total. The van der Waals surface area contributed by atoms with Crippen molar-refractivity contribution in [3.63, 3.8) is 0 Å². The van der Waals surface area contributed by atoms with E-state index in [1.165, 1.54) is 18.9 Å². The van der Waals surface area contributed by atoms with Crippen LogP contribution in [0.1, 0.15) is 38.9 Å². The predicted octanol–water partition coefficient (Wildman–Crippen LogP) is 1.86. The highest BCUT2D eigenvalue weighted by Gasteiger charge is 2.23. The van der Waals surface area contributed by atoms with Gasteiger partial charge in [-0.2, -0.15) is 0 Å². The van der Waals surface area contributed by atoms with E-state index in [0.29, 0.717) is 30.8 Å². The summed E-state index contributed by atoms with van der Waals surface area (Å²) in [7, 11) is -3.49. The highest BCUT2D eigenvalue weighted by molar-refractivity contribution is 7.89. The van der Waals surface area contributed by atoms with Crippen molar-refractivity contribution in [1.29, 1.82) is 0 Å². The van der Waals surface area contributed by atoms with Crippen LogP contribution in [0, 0.1) is 5.92 Å². The highest BCUT2D eigenvalue weighted by Crippen LogP contribution is 2.31. The molecule has 0 atom stereocenters. The van der Waals surface area contributed by atoms with Crippen molar-refractivity contribution < 1.29 is 12.8 Å². The van der Waals surface area contributed by atoms with Crippen LogP contribution in [-0.4, -0.2) is 21.0 Å². The molecular weight excluding hydrogens is 264 g/mol. The molecule has 19 heavy (non-hydrogen) atoms. The second kappa shape index (κ2) is 6.07. The number of furan rings is 1. The monoisotopic (exact) mass is 286 g/mol. The predicted molar refractivity (Wildman–Crippen MR) is 73.2 cm³/mol. The van der Waals surface area contributed by atoms with Crippen molar-refractivity contribution in [3.8, 4) is 0 Å². The average molecular weight is 286 g/mol. The summed E-state index contributed by atoms with van der Waals surface area (Å²) in [5.41, 5.74) is 0. The summed E-state index contributed by atoms with van der Waals surface area (Å²) < 4.78 is 31.9. The lowest BCUT2D eigenvalue weighted by Crippen LogP contribution is -2.24. The van der Waals surface area contributed by atoms with Crippen LogP contribution >= 0.6 is 0 Å². The zero-order valence-electron chi connectivity index (χ0n) is 11.5. The van der Waals surface area contributed by atoms with Crippen LogP contribution in [0.5, 0.6) is 0 Å². The molecule has 6 heteroatoms. The van der Waals surface area contributed by atoms with Gasteiger partial charge in [0.15, 0.2) is 0 Å². The molecule has 2 rings (SSSR count). The zero-order chi connectivity index (χ0) is 13.9. The Bertz CT molecular complexity index is 504. The van der Waals surface area contributed by atoms with Crippen LogP contribution in [0.25, 0.3) is 0 Å². The van der Waals surface area contributed by atoms with E-state index < -0.39 is 10.0 Å². The van der Waals surface area contributed by atoms with E-state index in [1.54, 1.807) is 6.07 Å². The van der Waals surface area contributed by atoms with E-state index in [-0.39, 0.29) is 5.09 Å². The SMILES string of the molecule is CC(C)NCc1ccc(S(=O)(=O)NCCC2CC2)o1. The maximum atomic E-state index is 12.0. The maximum absolute atomic E-state index is 12.0. The lowest BCUT2D eigenvalue weighted by atomic mass is 10.3. The van der Waals surface area contributed by atoms with E-state index in [2.05, 4.69) is 10.0 Å². The molecule has 0 radical (unpaired) electrons. The van der Waals surface area contributed by atoms with Gasteiger partial charge in [0.2, 0.25) is 5.09 Å². The van der Waals surface area contributed by atoms with Crippen molar-refractivity contribution in [1.82, 2.24) is 10.0 Å². The molecule has 0 unspecified atom stereocenters. The Labute approximate surface area is 114 Å². The summed E-state index contributed by atoms with van der Waals surface area (Å²) in [4.78, 5) is 0. The first kappa shape index (κ1) is 14.6. The third-order valence-corrected chi connectivity index (χ3v) is 4.46. The van der Waals surface area contributed by atoms with Crippen LogP contribution in [0.3, 0.4) is 0 Å². The quantitative estimate of drug-likeness (QED) is 0.765. The normalized spacial score (nSPS) is 16.2. The van der Waals surface area contributed by atoms with Crippen LogP contribution < -0.4 is 10.0 Å². The summed E-state index contributed by atoms with van der Waals surface area (Å²) in [6.45, 7) is 5.09. The molecule has 0 aliphatic heterocycles. The standard InChI is InChI=1S/C13H22N2O3S/c1-10(2)14-9-12-5-6-13(18-12)19(16,17)15-8-7-11-3-4-11/h5-6,10-11,14-15H,3-4,7-9H2,1-2H3. The van der Waals surface area contributed by atoms with Gasteiger partial charge in [0.1, 0.15) is 5.76 Å². The molecule has 0 aromatic carbocycles. The van der Waals surface area contributed by atoms with Gasteiger partial charge in [-0.25, -0.2) is 13.1 Å². The van der Waals surface area contributed by atoms with E-state index >= 15 is 0 Å². The summed E-state index contributed by atoms with van der Waals surface area (Å²) >= 11 is 0. The highest BCUT2D eigenvalue weighted by atomic mass is 32.2. The fourth-order valence-corrected chi connectivity index (χ4v) is 2.77. The molecule has 108 valence electrons. The molecule has 1 heterocycles. The summed E-state index contributed by atoms with van der Waals surface area (Å²) in [5, 5.41) is 3.19. The molecule has 1 aliphatic rings. The first-order valence-corrected chi connectivity index (χ1v) is 8.27. The fourth-order valence-electron chi connectivity index (χ4n) is 1.78. The Kier molecular flexibility index (Phi) is 4.65. The number of hydrogen-bond donors (Lipinski definition) is 2. The van der Waals surface area contributed by atoms with Gasteiger partial charge in [-0.05, 0) is 24.5 Å². The minimum Gasteiger partial charge on any atom is -0.447 e. The number of sulfonamides is 1. The van der Waals surface area contributed by atoms with Crippen molar-refractivity contribution in [3.05, 3.63) is 17.9 Å². The molecule has 0 spiro atoms. The Hall–Kier alpha value is -0.850. The van der Waals surface area contributed by atoms with Gasteiger partial charge in [-0.15, -0.1) is 0 Å². The van der Waals surface area contributed by atoms with Crippen molar-refractivity contribution in [2.75, 3.05) is 6.54 Å². The number of hydrogen-bond acceptors (Lipinski definition) is 4. The van der Waals surface area contributed by atoms with Crippen molar-refractivity contribution in [2.24, 2.45) is 5.92 Å². The molecule has 0 amide bonds. The number of rotatable bonds is 8. The Morgan fingerprint density at radius 3 is 2.74 bits per heavy atom. The molecular formula is C13H22N2O3S. The molecule has 1 aromatic rings. The zero-order valence-corrected chi connectivity index (χ0v) is 12.3. The Morgan fingerprint density at radius 1 is 1.37 bits per heavy atom. The fraction of sp³-hybridized carbons (Fsp3) is 0.692. The van der Waals surface area contributed by atoms with Crippen LogP contribution in [0.4, 0.5) is 0 Å². The topological polar surface area (TPSA) is 71.3 Å². The van der Waals surface area contributed by atoms with Crippen LogP contribution in [0.2, 0.25) is 0 Å². The van der Waals surface area contributed by atoms with E-state index in [1.807, 2.05) is 13.8 Å². The smallest absolute Gasteiger partial charge is 0.273 e. The molecule has 5 nitrogen and oxygen atoms in total. The Morgan fingerprint density at radius 2 is 2.11 bits per heavy atom. The lowest BCUT2D eigenvalue weighted by Gasteiger charge is -2.05. The van der Waals surface area contributed by atoms with Gasteiger partial charge in [0, 0.05) is 12.6 Å². The first-order chi connectivity index (χ1) is 8.97. The van der Waals surface area contributed by atoms with E-state index in [4.69, 9.17) is 4.42 Å². The van der Waals surface area contributed by atoms with E-state index in [9.17, 15) is 8.42 Å². The summed E-state index contributed by atoms with van der Waals surface area (Å²) in [5.74, 6) is 1.35. The van der Waals surface area contributed by atoms with Crippen molar-refractivity contribution in [2.45, 2.75) is 50.8 Å². The molecule has 0 bridgehead atoms. The third-order valence-electron chi connectivity index (χ3n) is 3.13. The summed E-state index contributed by atoms with van der Waals surface area (Å²) in [6, 6.07) is 3.54. The summed E-state index contributed by atoms with van der Waals surface area (Å²) in [6.07, 6.45) is 3.38.